The van der Waals surface area contributed by atoms with Crippen molar-refractivity contribution in [2.24, 2.45) is 0 Å². The number of rotatable bonds is 6. The lowest BCUT2D eigenvalue weighted by Crippen LogP contribution is -2.69. The first-order valence-corrected chi connectivity index (χ1v) is 10.0. The van der Waals surface area contributed by atoms with Crippen molar-refractivity contribution < 1.29 is 32.2 Å². The first-order valence-electron chi connectivity index (χ1n) is 9.21. The van der Waals surface area contributed by atoms with Crippen LogP contribution in [0.15, 0.2) is 0 Å². The van der Waals surface area contributed by atoms with Crippen LogP contribution in [0.1, 0.15) is 49.1 Å². The van der Waals surface area contributed by atoms with E-state index in [4.69, 9.17) is 0 Å². The van der Waals surface area contributed by atoms with Gasteiger partial charge in [0.15, 0.2) is 0 Å². The predicted octanol–water partition coefficient (Wildman–Crippen LogP) is 3.87. The number of hydrogen-bond donors (Lipinski definition) is 2. The summed E-state index contributed by atoms with van der Waals surface area (Å²) in [6, 6.07) is 1.94. The minimum Gasteiger partial charge on any atom is -0.463 e. The highest BCUT2D eigenvalue weighted by Crippen LogP contribution is 2.41. The van der Waals surface area contributed by atoms with E-state index in [9.17, 15) is 28.0 Å². The summed E-state index contributed by atoms with van der Waals surface area (Å²) in [6.45, 7) is 2.22. The van der Waals surface area contributed by atoms with Crippen LogP contribution < -0.4 is 10.6 Å². The maximum atomic E-state index is 14.1. The summed E-state index contributed by atoms with van der Waals surface area (Å²) in [5, 5.41) is 13.1. The molecule has 1 aromatic heterocycles. The number of nitriles is 1. The van der Waals surface area contributed by atoms with Gasteiger partial charge in [-0.25, -0.2) is 9.59 Å². The number of alkyl carbamates (subject to hydrolysis) is 1. The van der Waals surface area contributed by atoms with Gasteiger partial charge in [0.25, 0.3) is 0 Å². The van der Waals surface area contributed by atoms with Gasteiger partial charge in [0.05, 0.1) is 18.8 Å². The van der Waals surface area contributed by atoms with E-state index in [1.165, 1.54) is 13.8 Å². The van der Waals surface area contributed by atoms with Crippen LogP contribution in [0.4, 0.5) is 23.0 Å². The molecule has 0 saturated carbocycles. The summed E-state index contributed by atoms with van der Waals surface area (Å²) < 4.78 is 51.5. The van der Waals surface area contributed by atoms with Gasteiger partial charge in [0.2, 0.25) is 0 Å². The van der Waals surface area contributed by atoms with Crippen molar-refractivity contribution in [2.75, 3.05) is 18.5 Å². The normalized spacial score (nSPS) is 15.9. The molecule has 0 bridgehead atoms. The molecule has 2 rings (SSSR count). The highest BCUT2D eigenvalue weighted by Gasteiger charge is 2.64. The number of carbonyl (C=O) groups is 2. The summed E-state index contributed by atoms with van der Waals surface area (Å²) in [4.78, 5) is 25.1. The largest absolute Gasteiger partial charge is 0.463 e. The maximum absolute atomic E-state index is 14.1. The van der Waals surface area contributed by atoms with Gasteiger partial charge in [0.1, 0.15) is 11.1 Å². The van der Waals surface area contributed by atoms with Crippen molar-refractivity contribution in [3.63, 3.8) is 0 Å². The van der Waals surface area contributed by atoms with E-state index in [0.717, 1.165) is 35.5 Å². The number of fused-ring (bicyclic) bond motifs is 1. The van der Waals surface area contributed by atoms with E-state index in [1.807, 2.05) is 6.07 Å². The lowest BCUT2D eigenvalue weighted by molar-refractivity contribution is -0.205. The minimum atomic E-state index is -5.28. The Morgan fingerprint density at radius 2 is 1.79 bits per heavy atom. The fraction of sp³-hybridized carbons (Fsp3) is 0.611. The number of carbonyl (C=O) groups excluding carboxylic acids is 2. The lowest BCUT2D eigenvalue weighted by atomic mass is 10.1. The molecule has 1 aliphatic carbocycles. The number of aryl methyl sites for hydroxylation is 1. The molecule has 0 fully saturated rings. The zero-order valence-corrected chi connectivity index (χ0v) is 16.9. The summed E-state index contributed by atoms with van der Waals surface area (Å²) in [7, 11) is 0. The smallest absolute Gasteiger partial charge is 0.442 e. The molecule has 1 aliphatic rings. The summed E-state index contributed by atoms with van der Waals surface area (Å²) >= 11 is 0.985. The number of halogens is 3. The third-order valence-electron chi connectivity index (χ3n) is 4.41. The van der Waals surface area contributed by atoms with Crippen LogP contribution in [-0.4, -0.2) is 37.1 Å². The zero-order chi connectivity index (χ0) is 21.7. The first-order chi connectivity index (χ1) is 13.7. The standard InChI is InChI=1S/C18H22F3N3O4S/c1-3-27-15(25)17(18(19,20)21,24-16(26)28-4-2)23-14-12(10-22)11-8-6-5-7-9-13(11)29-14/h23H,3-9H2,1-2H3,(H,24,26). The Labute approximate surface area is 170 Å². The monoisotopic (exact) mass is 433 g/mol. The average Bonchev–Trinajstić information content (AvgIpc) is 2.80. The van der Waals surface area contributed by atoms with Crippen LogP contribution >= 0.6 is 11.3 Å². The first kappa shape index (κ1) is 22.8. The maximum Gasteiger partial charge on any atom is 0.442 e. The van der Waals surface area contributed by atoms with Crippen molar-refractivity contribution >= 4 is 28.4 Å². The molecule has 11 heteroatoms. The molecule has 7 nitrogen and oxygen atoms in total. The Hall–Kier alpha value is -2.48. The van der Waals surface area contributed by atoms with Gasteiger partial charge < -0.3 is 14.8 Å². The molecule has 0 radical (unpaired) electrons. The van der Waals surface area contributed by atoms with E-state index in [0.29, 0.717) is 18.4 Å². The van der Waals surface area contributed by atoms with Crippen LogP contribution in [0.3, 0.4) is 0 Å². The number of nitrogens with one attached hydrogen (secondary N) is 2. The Morgan fingerprint density at radius 3 is 2.38 bits per heavy atom. The van der Waals surface area contributed by atoms with Gasteiger partial charge in [-0.2, -0.15) is 18.4 Å². The molecule has 1 heterocycles. The van der Waals surface area contributed by atoms with Crippen molar-refractivity contribution in [2.45, 2.75) is 57.8 Å². The molecule has 29 heavy (non-hydrogen) atoms. The van der Waals surface area contributed by atoms with Gasteiger partial charge in [-0.05, 0) is 45.1 Å². The molecular formula is C18H22F3N3O4S. The predicted molar refractivity (Wildman–Crippen MR) is 99.5 cm³/mol. The van der Waals surface area contributed by atoms with Crippen molar-refractivity contribution in [3.05, 3.63) is 16.0 Å². The number of anilines is 1. The number of ether oxygens (including phenoxy) is 2. The minimum absolute atomic E-state index is 0.0514. The Kier molecular flexibility index (Phi) is 7.35. The van der Waals surface area contributed by atoms with E-state index < -0.39 is 23.9 Å². The molecule has 1 unspecified atom stereocenters. The molecule has 0 saturated heterocycles. The summed E-state index contributed by atoms with van der Waals surface area (Å²) in [5.74, 6) is -1.74. The summed E-state index contributed by atoms with van der Waals surface area (Å²) in [5.41, 5.74) is -2.85. The van der Waals surface area contributed by atoms with Crippen LogP contribution in [0.5, 0.6) is 0 Å². The number of nitrogens with zero attached hydrogens (tertiary/aromatic N) is 1. The highest BCUT2D eigenvalue weighted by atomic mass is 32.1. The van der Waals surface area contributed by atoms with Crippen molar-refractivity contribution in [1.29, 1.82) is 5.26 Å². The number of alkyl halides is 3. The second-order valence-electron chi connectivity index (χ2n) is 6.32. The fourth-order valence-electron chi connectivity index (χ4n) is 3.07. The quantitative estimate of drug-likeness (QED) is 0.401. The molecule has 1 amide bonds. The van der Waals surface area contributed by atoms with Gasteiger partial charge in [-0.3, -0.25) is 5.32 Å². The SMILES string of the molecule is CCOC(=O)NC(Nc1sc2c(c1C#N)CCCCC2)(C(=O)OCC)C(F)(F)F. The Balaban J connectivity index is 2.56. The second-order valence-corrected chi connectivity index (χ2v) is 7.42. The highest BCUT2D eigenvalue weighted by molar-refractivity contribution is 7.16. The molecule has 0 aliphatic heterocycles. The van der Waals surface area contributed by atoms with E-state index >= 15 is 0 Å². The van der Waals surface area contributed by atoms with Gasteiger partial charge >= 0.3 is 23.9 Å². The van der Waals surface area contributed by atoms with Gasteiger partial charge in [0, 0.05) is 4.88 Å². The van der Waals surface area contributed by atoms with E-state index in [1.54, 1.807) is 5.32 Å². The lowest BCUT2D eigenvalue weighted by Gasteiger charge is -2.34. The second kappa shape index (κ2) is 9.35. The molecule has 0 aromatic carbocycles. The van der Waals surface area contributed by atoms with Crippen LogP contribution in [0.2, 0.25) is 0 Å². The van der Waals surface area contributed by atoms with E-state index in [-0.39, 0.29) is 23.8 Å². The van der Waals surface area contributed by atoms with Crippen molar-refractivity contribution in [3.8, 4) is 6.07 Å². The molecule has 2 N–H and O–H groups in total. The van der Waals surface area contributed by atoms with Gasteiger partial charge in [-0.1, -0.05) is 6.42 Å². The van der Waals surface area contributed by atoms with E-state index in [2.05, 4.69) is 14.8 Å². The Morgan fingerprint density at radius 1 is 1.14 bits per heavy atom. The number of hydrogen-bond acceptors (Lipinski definition) is 7. The van der Waals surface area contributed by atoms with Crippen LogP contribution in [0, 0.1) is 11.3 Å². The topological polar surface area (TPSA) is 100 Å². The third kappa shape index (κ3) is 4.75. The molecular weight excluding hydrogens is 411 g/mol. The molecule has 0 spiro atoms. The number of thiophene rings is 1. The summed E-state index contributed by atoms with van der Waals surface area (Å²) in [6.07, 6.45) is -2.86. The molecule has 1 aromatic rings. The average molecular weight is 433 g/mol. The fourth-order valence-corrected chi connectivity index (χ4v) is 4.36. The van der Waals surface area contributed by atoms with Crippen molar-refractivity contribution in [1.82, 2.24) is 5.32 Å². The van der Waals surface area contributed by atoms with Gasteiger partial charge in [-0.15, -0.1) is 11.3 Å². The number of amides is 1. The Bertz CT molecular complexity index is 803. The zero-order valence-electron chi connectivity index (χ0n) is 16.1. The molecule has 160 valence electrons. The number of esters is 1. The third-order valence-corrected chi connectivity index (χ3v) is 5.61. The molecule has 1 atom stereocenters. The van der Waals surface area contributed by atoms with Crippen LogP contribution in [-0.2, 0) is 27.1 Å². The van der Waals surface area contributed by atoms with Crippen LogP contribution in [0.25, 0.3) is 0 Å².